The molecule has 0 atom stereocenters. The van der Waals surface area contributed by atoms with Crippen LogP contribution in [0.3, 0.4) is 0 Å². The summed E-state index contributed by atoms with van der Waals surface area (Å²) in [5.41, 5.74) is 6.97. The van der Waals surface area contributed by atoms with Gasteiger partial charge in [0.05, 0.1) is 6.61 Å². The van der Waals surface area contributed by atoms with Crippen molar-refractivity contribution in [2.24, 2.45) is 5.73 Å². The highest BCUT2D eigenvalue weighted by Crippen LogP contribution is 2.26. The van der Waals surface area contributed by atoms with Gasteiger partial charge in [0.15, 0.2) is 0 Å². The highest BCUT2D eigenvalue weighted by Gasteiger charge is 2.10. The summed E-state index contributed by atoms with van der Waals surface area (Å²) in [7, 11) is 0. The van der Waals surface area contributed by atoms with Crippen molar-refractivity contribution in [1.82, 2.24) is 4.90 Å². The number of likely N-dealkylation sites (tertiary alicyclic amines) is 1. The standard InChI is InChI=1S/C19H26N2O.ClH/c20-15-18-13-16-7-2-3-8-17(16)14-19(18)22-12-6-11-21-9-4-1-5-10-21;/h2-3,7-8,13-14H,1,4-6,9-12,15,20H2;1H. The zero-order chi connectivity index (χ0) is 15.2. The van der Waals surface area contributed by atoms with Crippen LogP contribution in [0.25, 0.3) is 10.8 Å². The Hall–Kier alpha value is -1.29. The highest BCUT2D eigenvalue weighted by molar-refractivity contribution is 5.85. The first-order valence-corrected chi connectivity index (χ1v) is 8.44. The molecule has 0 radical (unpaired) electrons. The van der Waals surface area contributed by atoms with Crippen LogP contribution < -0.4 is 10.5 Å². The van der Waals surface area contributed by atoms with E-state index in [0.29, 0.717) is 6.54 Å². The molecule has 0 unspecified atom stereocenters. The van der Waals surface area contributed by atoms with Gasteiger partial charge in [0.1, 0.15) is 5.75 Å². The highest BCUT2D eigenvalue weighted by atomic mass is 35.5. The number of fused-ring (bicyclic) bond motifs is 1. The van der Waals surface area contributed by atoms with Gasteiger partial charge in [-0.25, -0.2) is 0 Å². The fourth-order valence-electron chi connectivity index (χ4n) is 3.21. The molecule has 126 valence electrons. The number of benzene rings is 2. The van der Waals surface area contributed by atoms with E-state index in [1.165, 1.54) is 43.1 Å². The van der Waals surface area contributed by atoms with E-state index in [4.69, 9.17) is 10.5 Å². The third-order valence-electron chi connectivity index (χ3n) is 4.47. The minimum absolute atomic E-state index is 0. The lowest BCUT2D eigenvalue weighted by Gasteiger charge is -2.26. The maximum Gasteiger partial charge on any atom is 0.124 e. The predicted octanol–water partition coefficient (Wildman–Crippen LogP) is 3.98. The van der Waals surface area contributed by atoms with E-state index in [0.717, 1.165) is 30.9 Å². The van der Waals surface area contributed by atoms with E-state index in [1.807, 2.05) is 0 Å². The minimum Gasteiger partial charge on any atom is -0.493 e. The maximum absolute atomic E-state index is 6.02. The third-order valence-corrected chi connectivity index (χ3v) is 4.47. The topological polar surface area (TPSA) is 38.5 Å². The third kappa shape index (κ3) is 4.84. The first-order chi connectivity index (χ1) is 10.9. The van der Waals surface area contributed by atoms with Crippen LogP contribution >= 0.6 is 12.4 Å². The lowest BCUT2D eigenvalue weighted by Crippen LogP contribution is -2.31. The first-order valence-electron chi connectivity index (χ1n) is 8.44. The van der Waals surface area contributed by atoms with E-state index >= 15 is 0 Å². The molecule has 3 rings (SSSR count). The van der Waals surface area contributed by atoms with Crippen LogP contribution in [0.4, 0.5) is 0 Å². The molecule has 1 fully saturated rings. The lowest BCUT2D eigenvalue weighted by atomic mass is 10.1. The van der Waals surface area contributed by atoms with Gasteiger partial charge >= 0.3 is 0 Å². The Morgan fingerprint density at radius 1 is 1.00 bits per heavy atom. The second kappa shape index (κ2) is 9.11. The van der Waals surface area contributed by atoms with Gasteiger partial charge < -0.3 is 15.4 Å². The number of ether oxygens (including phenoxy) is 1. The molecular formula is C19H27ClN2O. The van der Waals surface area contributed by atoms with Crippen LogP contribution in [-0.4, -0.2) is 31.1 Å². The number of hydrogen-bond acceptors (Lipinski definition) is 3. The smallest absolute Gasteiger partial charge is 0.124 e. The van der Waals surface area contributed by atoms with Gasteiger partial charge in [-0.3, -0.25) is 0 Å². The minimum atomic E-state index is 0. The molecule has 23 heavy (non-hydrogen) atoms. The van der Waals surface area contributed by atoms with Crippen molar-refractivity contribution in [3.8, 4) is 5.75 Å². The Morgan fingerprint density at radius 2 is 1.70 bits per heavy atom. The average Bonchev–Trinajstić information content (AvgIpc) is 2.59. The molecule has 2 aromatic rings. The second-order valence-electron chi connectivity index (χ2n) is 6.12. The van der Waals surface area contributed by atoms with E-state index < -0.39 is 0 Å². The molecule has 0 aliphatic carbocycles. The van der Waals surface area contributed by atoms with Crippen LogP contribution in [0.5, 0.6) is 5.75 Å². The zero-order valence-corrected chi connectivity index (χ0v) is 14.5. The predicted molar refractivity (Wildman–Crippen MR) is 99.5 cm³/mol. The van der Waals surface area contributed by atoms with Crippen molar-refractivity contribution in [3.63, 3.8) is 0 Å². The number of nitrogens with zero attached hydrogens (tertiary/aromatic N) is 1. The Bertz CT molecular complexity index is 611. The maximum atomic E-state index is 6.02. The number of rotatable bonds is 6. The summed E-state index contributed by atoms with van der Waals surface area (Å²) >= 11 is 0. The molecule has 0 spiro atoms. The van der Waals surface area contributed by atoms with Gasteiger partial charge in [-0.2, -0.15) is 0 Å². The molecule has 0 amide bonds. The molecular weight excluding hydrogens is 308 g/mol. The van der Waals surface area contributed by atoms with Crippen LogP contribution in [0.2, 0.25) is 0 Å². The monoisotopic (exact) mass is 334 g/mol. The fourth-order valence-corrected chi connectivity index (χ4v) is 3.21. The van der Waals surface area contributed by atoms with Crippen molar-refractivity contribution in [3.05, 3.63) is 42.0 Å². The summed E-state index contributed by atoms with van der Waals surface area (Å²) in [5.74, 6) is 0.944. The van der Waals surface area contributed by atoms with Crippen molar-refractivity contribution in [1.29, 1.82) is 0 Å². The molecule has 4 heteroatoms. The number of halogens is 1. The second-order valence-corrected chi connectivity index (χ2v) is 6.12. The fraction of sp³-hybridized carbons (Fsp3) is 0.474. The van der Waals surface area contributed by atoms with Crippen LogP contribution in [-0.2, 0) is 6.54 Å². The van der Waals surface area contributed by atoms with Gasteiger partial charge in [-0.05, 0) is 55.3 Å². The molecule has 0 saturated carbocycles. The lowest BCUT2D eigenvalue weighted by molar-refractivity contribution is 0.204. The molecule has 2 N–H and O–H groups in total. The summed E-state index contributed by atoms with van der Waals surface area (Å²) in [5, 5.41) is 2.44. The molecule has 1 heterocycles. The van der Waals surface area contributed by atoms with Crippen LogP contribution in [0.15, 0.2) is 36.4 Å². The van der Waals surface area contributed by atoms with Crippen molar-refractivity contribution in [2.45, 2.75) is 32.2 Å². The summed E-state index contributed by atoms with van der Waals surface area (Å²) in [6.07, 6.45) is 5.17. The Morgan fingerprint density at radius 3 is 2.39 bits per heavy atom. The van der Waals surface area contributed by atoms with Crippen molar-refractivity contribution in [2.75, 3.05) is 26.2 Å². The summed E-state index contributed by atoms with van der Waals surface area (Å²) in [4.78, 5) is 2.55. The molecule has 0 aromatic heterocycles. The quantitative estimate of drug-likeness (QED) is 0.812. The van der Waals surface area contributed by atoms with Crippen LogP contribution in [0.1, 0.15) is 31.2 Å². The zero-order valence-electron chi connectivity index (χ0n) is 13.7. The number of hydrogen-bond donors (Lipinski definition) is 1. The molecule has 1 saturated heterocycles. The Kier molecular flexibility index (Phi) is 7.15. The van der Waals surface area contributed by atoms with Gasteiger partial charge in [0.2, 0.25) is 0 Å². The van der Waals surface area contributed by atoms with E-state index in [9.17, 15) is 0 Å². The van der Waals surface area contributed by atoms with Gasteiger partial charge in [-0.15, -0.1) is 12.4 Å². The van der Waals surface area contributed by atoms with E-state index in [-0.39, 0.29) is 12.4 Å². The number of piperidine rings is 1. The van der Waals surface area contributed by atoms with E-state index in [1.54, 1.807) is 0 Å². The average molecular weight is 335 g/mol. The Balaban J connectivity index is 0.00000192. The normalized spacial score (nSPS) is 15.3. The van der Waals surface area contributed by atoms with Gasteiger partial charge in [0.25, 0.3) is 0 Å². The molecule has 0 bridgehead atoms. The summed E-state index contributed by atoms with van der Waals surface area (Å²) in [6.45, 7) is 4.94. The number of nitrogens with two attached hydrogens (primary N) is 1. The van der Waals surface area contributed by atoms with Crippen molar-refractivity contribution < 1.29 is 4.74 Å². The largest absolute Gasteiger partial charge is 0.493 e. The first kappa shape index (κ1) is 18.1. The molecule has 1 aliphatic heterocycles. The van der Waals surface area contributed by atoms with Gasteiger partial charge in [-0.1, -0.05) is 30.7 Å². The molecule has 3 nitrogen and oxygen atoms in total. The summed E-state index contributed by atoms with van der Waals surface area (Å²) in [6, 6.07) is 12.6. The van der Waals surface area contributed by atoms with Gasteiger partial charge in [0, 0.05) is 18.7 Å². The molecule has 1 aliphatic rings. The summed E-state index contributed by atoms with van der Waals surface area (Å²) < 4.78 is 6.02. The SMILES string of the molecule is Cl.NCc1cc2ccccc2cc1OCCCN1CCCCC1. The van der Waals surface area contributed by atoms with Crippen molar-refractivity contribution >= 4 is 23.2 Å². The van der Waals surface area contributed by atoms with E-state index in [2.05, 4.69) is 41.3 Å². The van der Waals surface area contributed by atoms with Crippen LogP contribution in [0, 0.1) is 0 Å². The molecule has 2 aromatic carbocycles. The Labute approximate surface area is 145 Å².